The molecule has 13 heteroatoms. The molecule has 4 rings (SSSR count). The van der Waals surface area contributed by atoms with Crippen molar-refractivity contribution in [3.63, 3.8) is 0 Å². The van der Waals surface area contributed by atoms with E-state index in [0.29, 0.717) is 19.4 Å². The quantitative estimate of drug-likeness (QED) is 0.301. The number of aliphatic carboxylic acids is 1. The lowest BCUT2D eigenvalue weighted by Crippen LogP contribution is -2.58. The Labute approximate surface area is 263 Å². The second-order valence-corrected chi connectivity index (χ2v) is 14.1. The number of ether oxygens (including phenoxy) is 2. The normalized spacial score (nSPS) is 19.8. The largest absolute Gasteiger partial charge is 0.489 e. The van der Waals surface area contributed by atoms with Crippen LogP contribution in [0.3, 0.4) is 0 Å². The number of nitrogens with one attached hydrogen (secondary N) is 1. The van der Waals surface area contributed by atoms with Gasteiger partial charge in [-0.15, -0.1) is 0 Å². The first kappa shape index (κ1) is 35.7. The molecule has 244 valence electrons. The van der Waals surface area contributed by atoms with Crippen LogP contribution in [0.4, 0.5) is 18.0 Å². The molecule has 0 spiro atoms. The van der Waals surface area contributed by atoms with Crippen LogP contribution in [0.2, 0.25) is 0 Å². The molecule has 0 aromatic heterocycles. The van der Waals surface area contributed by atoms with Crippen LogP contribution in [-0.4, -0.2) is 74.6 Å². The molecule has 1 aliphatic heterocycles. The van der Waals surface area contributed by atoms with Gasteiger partial charge in [0.2, 0.25) is 0 Å². The molecule has 2 fully saturated rings. The Morgan fingerprint density at radius 2 is 1.77 bits per heavy atom. The first-order valence-corrected chi connectivity index (χ1v) is 17.2. The predicted molar refractivity (Wildman–Crippen MR) is 167 cm³/mol. The van der Waals surface area contributed by atoms with Crippen molar-refractivity contribution < 1.29 is 41.5 Å². The number of benzene rings is 2. The molecule has 3 unspecified atom stereocenters. The van der Waals surface area contributed by atoms with Crippen molar-refractivity contribution >= 4 is 34.8 Å². The number of carboxylic acids is 1. The maximum absolute atomic E-state index is 16.1. The van der Waals surface area contributed by atoms with Gasteiger partial charge in [-0.05, 0) is 77.0 Å². The number of nitrogens with zero attached hydrogens (tertiary/aromatic N) is 1. The van der Waals surface area contributed by atoms with Gasteiger partial charge in [0.1, 0.15) is 22.4 Å². The van der Waals surface area contributed by atoms with Crippen molar-refractivity contribution in [3.05, 3.63) is 53.6 Å². The molecule has 1 heterocycles. The van der Waals surface area contributed by atoms with Gasteiger partial charge in [-0.1, -0.05) is 30.3 Å². The van der Waals surface area contributed by atoms with Crippen LogP contribution in [0.15, 0.2) is 36.4 Å². The number of halogens is 3. The van der Waals surface area contributed by atoms with E-state index in [4.69, 9.17) is 14.6 Å². The third-order valence-electron chi connectivity index (χ3n) is 6.97. The summed E-state index contributed by atoms with van der Waals surface area (Å²) in [5, 5.41) is 7.11. The molecule has 2 aromatic carbocycles. The first-order valence-electron chi connectivity index (χ1n) is 14.4. The molecule has 1 saturated carbocycles. The lowest BCUT2D eigenvalue weighted by atomic mass is 9.90. The van der Waals surface area contributed by atoms with Crippen LogP contribution < -0.4 is 9.46 Å². The van der Waals surface area contributed by atoms with E-state index in [1.165, 1.54) is 29.2 Å². The third kappa shape index (κ3) is 9.61. The highest BCUT2D eigenvalue weighted by atomic mass is 32.2. The number of carboxylic acid groups (broad SMARTS) is 1. The van der Waals surface area contributed by atoms with E-state index in [1.54, 1.807) is 38.6 Å². The number of carbonyl (C=O) groups excluding carboxylic acids is 1. The number of amides is 1. The predicted octanol–water partition coefficient (Wildman–Crippen LogP) is 6.49. The molecule has 2 aromatic rings. The molecular weight excluding hydrogens is 617 g/mol. The minimum atomic E-state index is -1.99. The fourth-order valence-electron chi connectivity index (χ4n) is 4.80. The Bertz CT molecular complexity index is 1340. The van der Waals surface area contributed by atoms with E-state index in [9.17, 15) is 22.6 Å². The van der Waals surface area contributed by atoms with Gasteiger partial charge in [0.25, 0.3) is 0 Å². The molecule has 0 bridgehead atoms. The summed E-state index contributed by atoms with van der Waals surface area (Å²) in [4.78, 5) is 25.6. The van der Waals surface area contributed by atoms with Gasteiger partial charge in [-0.3, -0.25) is 4.79 Å². The van der Waals surface area contributed by atoms with Crippen molar-refractivity contribution in [2.45, 2.75) is 82.0 Å². The third-order valence-corrected chi connectivity index (χ3v) is 8.56. The van der Waals surface area contributed by atoms with Crippen molar-refractivity contribution in [2.75, 3.05) is 25.7 Å². The number of hydrogen-bond acceptors (Lipinski definition) is 6. The molecule has 3 atom stereocenters. The standard InChI is InChI=1S/C29H35F3N2O6S.C2H6S/c1-28(2,3)40-27(37)34-15-6-11-22(33-41(38)29(32)13-14-29)23(34)17-18-7-4-8-19(25(18)31)20-9-5-10-21(30)26(20)39-16-12-24(35)36;1-3-2/h4-5,7-10,22-23,33H,6,11-17H2,1-3H3,(H,35,36);1-2H3. The van der Waals surface area contributed by atoms with Crippen LogP contribution in [0.5, 0.6) is 5.75 Å². The van der Waals surface area contributed by atoms with Crippen molar-refractivity contribution in [1.29, 1.82) is 0 Å². The molecule has 44 heavy (non-hydrogen) atoms. The molecule has 1 amide bonds. The first-order chi connectivity index (χ1) is 20.7. The van der Waals surface area contributed by atoms with E-state index in [1.807, 2.05) is 12.5 Å². The lowest BCUT2D eigenvalue weighted by molar-refractivity contribution is -0.137. The van der Waals surface area contributed by atoms with E-state index < -0.39 is 57.4 Å². The highest BCUT2D eigenvalue weighted by Gasteiger charge is 2.51. The number of rotatable bonds is 10. The summed E-state index contributed by atoms with van der Waals surface area (Å²) in [5.41, 5.74) is -0.462. The smallest absolute Gasteiger partial charge is 0.410 e. The summed E-state index contributed by atoms with van der Waals surface area (Å²) in [6.45, 7) is 5.20. The maximum atomic E-state index is 16.1. The van der Waals surface area contributed by atoms with E-state index in [0.717, 1.165) is 6.07 Å². The van der Waals surface area contributed by atoms with Gasteiger partial charge in [-0.2, -0.15) is 11.8 Å². The minimum Gasteiger partial charge on any atom is -0.489 e. The number of likely N-dealkylation sites (tertiary alicyclic amines) is 1. The highest BCUT2D eigenvalue weighted by molar-refractivity contribution is 7.97. The van der Waals surface area contributed by atoms with Crippen LogP contribution in [0.25, 0.3) is 11.1 Å². The van der Waals surface area contributed by atoms with Gasteiger partial charge >= 0.3 is 12.1 Å². The fourth-order valence-corrected chi connectivity index (χ4v) is 6.03. The number of piperidine rings is 1. The summed E-state index contributed by atoms with van der Waals surface area (Å²) in [6, 6.07) is 7.26. The van der Waals surface area contributed by atoms with Crippen LogP contribution in [0, 0.1) is 11.6 Å². The Balaban J connectivity index is 0.00000169. The molecule has 8 nitrogen and oxygen atoms in total. The zero-order chi connectivity index (χ0) is 32.7. The highest BCUT2D eigenvalue weighted by Crippen LogP contribution is 2.43. The lowest BCUT2D eigenvalue weighted by Gasteiger charge is -2.42. The van der Waals surface area contributed by atoms with E-state index in [-0.39, 0.29) is 54.7 Å². The van der Waals surface area contributed by atoms with Crippen molar-refractivity contribution in [2.24, 2.45) is 0 Å². The van der Waals surface area contributed by atoms with Gasteiger partial charge in [0.15, 0.2) is 16.6 Å². The fraction of sp³-hybridized carbons (Fsp3) is 0.548. The zero-order valence-electron chi connectivity index (χ0n) is 25.7. The Morgan fingerprint density at radius 3 is 2.39 bits per heavy atom. The van der Waals surface area contributed by atoms with E-state index >= 15 is 4.39 Å². The Kier molecular flexibility index (Phi) is 12.6. The molecule has 2 N–H and O–H groups in total. The van der Waals surface area contributed by atoms with Crippen LogP contribution in [0.1, 0.15) is 58.4 Å². The van der Waals surface area contributed by atoms with Crippen LogP contribution in [-0.2, 0) is 26.9 Å². The number of para-hydroxylation sites is 1. The average molecular weight is 659 g/mol. The molecular formula is C31H41F3N2O6S2. The topological polar surface area (TPSA) is 105 Å². The molecule has 2 aliphatic rings. The second-order valence-electron chi connectivity index (χ2n) is 11.8. The number of hydrogen-bond donors (Lipinski definition) is 2. The van der Waals surface area contributed by atoms with Gasteiger partial charge < -0.3 is 19.5 Å². The summed E-state index contributed by atoms with van der Waals surface area (Å²) < 4.78 is 72.0. The summed E-state index contributed by atoms with van der Waals surface area (Å²) in [7, 11) is -1.99. The maximum Gasteiger partial charge on any atom is 0.410 e. The second kappa shape index (κ2) is 15.5. The number of thioether (sulfide) groups is 1. The van der Waals surface area contributed by atoms with Gasteiger partial charge in [0.05, 0.1) is 19.1 Å². The summed E-state index contributed by atoms with van der Waals surface area (Å²) in [5.74, 6) is -2.85. The summed E-state index contributed by atoms with van der Waals surface area (Å²) in [6.07, 6.45) is 4.48. The minimum absolute atomic E-state index is 0.0163. The molecule has 1 aliphatic carbocycles. The van der Waals surface area contributed by atoms with Crippen molar-refractivity contribution in [1.82, 2.24) is 9.62 Å². The van der Waals surface area contributed by atoms with Gasteiger partial charge in [-0.25, -0.2) is 26.9 Å². The average Bonchev–Trinajstić information content (AvgIpc) is 3.69. The van der Waals surface area contributed by atoms with Gasteiger partial charge in [0, 0.05) is 23.7 Å². The van der Waals surface area contributed by atoms with E-state index in [2.05, 4.69) is 4.72 Å². The number of carbonyl (C=O) groups is 2. The van der Waals surface area contributed by atoms with Crippen molar-refractivity contribution in [3.8, 4) is 16.9 Å². The summed E-state index contributed by atoms with van der Waals surface area (Å²) >= 11 is 1.75. The molecule has 0 radical (unpaired) electrons. The zero-order valence-corrected chi connectivity index (χ0v) is 27.3. The van der Waals surface area contributed by atoms with Crippen LogP contribution >= 0.6 is 11.8 Å². The Hall–Kier alpha value is -2.77. The SMILES string of the molecule is CC(C)(C)OC(=O)N1CCCC(NS(=O)C2(F)CC2)C1Cc1cccc(-c2cccc(F)c2OCCC(=O)O)c1F.CSC. The molecule has 1 saturated heterocycles. The monoisotopic (exact) mass is 658 g/mol. The number of alkyl halides is 1. The Morgan fingerprint density at radius 1 is 1.14 bits per heavy atom.